The molecule has 0 aliphatic carbocycles. The third kappa shape index (κ3) is 2.66. The maximum atomic E-state index is 5.93. The summed E-state index contributed by atoms with van der Waals surface area (Å²) in [5.41, 5.74) is 0.875. The van der Waals surface area contributed by atoms with E-state index in [2.05, 4.69) is 9.97 Å². The van der Waals surface area contributed by atoms with Crippen LogP contribution in [0.2, 0.25) is 5.15 Å². The van der Waals surface area contributed by atoms with Crippen LogP contribution in [0.5, 0.6) is 10.9 Å². The number of benzene rings is 1. The SMILES string of the molecule is ClCc1sc(Oc2ccc3cccnc3c2)nc1Cl. The molecule has 0 N–H and O–H groups in total. The third-order valence-electron chi connectivity index (χ3n) is 2.53. The van der Waals surface area contributed by atoms with Gasteiger partial charge in [0.25, 0.3) is 5.19 Å². The van der Waals surface area contributed by atoms with Gasteiger partial charge in [-0.1, -0.05) is 29.0 Å². The lowest BCUT2D eigenvalue weighted by atomic mass is 10.2. The molecule has 0 spiro atoms. The highest BCUT2D eigenvalue weighted by atomic mass is 35.5. The number of thiazole rings is 1. The molecule has 0 fully saturated rings. The van der Waals surface area contributed by atoms with Crippen molar-refractivity contribution in [2.45, 2.75) is 5.88 Å². The molecule has 6 heteroatoms. The van der Waals surface area contributed by atoms with Gasteiger partial charge in [-0.15, -0.1) is 11.6 Å². The highest BCUT2D eigenvalue weighted by Gasteiger charge is 2.10. The van der Waals surface area contributed by atoms with Gasteiger partial charge >= 0.3 is 0 Å². The van der Waals surface area contributed by atoms with Crippen molar-refractivity contribution < 1.29 is 4.74 Å². The molecule has 1 aromatic carbocycles. The van der Waals surface area contributed by atoms with Crippen molar-refractivity contribution >= 4 is 45.4 Å². The second-order valence-electron chi connectivity index (χ2n) is 3.79. The van der Waals surface area contributed by atoms with Gasteiger partial charge in [0.15, 0.2) is 0 Å². The molecule has 2 heterocycles. The number of hydrogen-bond acceptors (Lipinski definition) is 4. The summed E-state index contributed by atoms with van der Waals surface area (Å²) >= 11 is 13.0. The molecule has 0 amide bonds. The first-order valence-electron chi connectivity index (χ1n) is 5.50. The fourth-order valence-corrected chi connectivity index (χ4v) is 2.99. The Morgan fingerprint density at radius 3 is 2.95 bits per heavy atom. The van der Waals surface area contributed by atoms with Crippen molar-refractivity contribution in [3.8, 4) is 10.9 Å². The number of hydrogen-bond donors (Lipinski definition) is 0. The van der Waals surface area contributed by atoms with E-state index in [1.165, 1.54) is 11.3 Å². The molecule has 96 valence electrons. The Morgan fingerprint density at radius 2 is 2.16 bits per heavy atom. The highest BCUT2D eigenvalue weighted by Crippen LogP contribution is 2.33. The number of nitrogens with zero attached hydrogens (tertiary/aromatic N) is 2. The van der Waals surface area contributed by atoms with Crippen LogP contribution in [0.25, 0.3) is 10.9 Å². The first-order chi connectivity index (χ1) is 9.26. The van der Waals surface area contributed by atoms with Gasteiger partial charge in [-0.2, -0.15) is 4.98 Å². The van der Waals surface area contributed by atoms with Crippen LogP contribution in [0.15, 0.2) is 36.5 Å². The molecule has 0 aliphatic heterocycles. The van der Waals surface area contributed by atoms with E-state index >= 15 is 0 Å². The maximum absolute atomic E-state index is 5.93. The smallest absolute Gasteiger partial charge is 0.280 e. The normalized spacial score (nSPS) is 10.8. The van der Waals surface area contributed by atoms with Gasteiger partial charge < -0.3 is 4.74 Å². The van der Waals surface area contributed by atoms with Crippen LogP contribution in [0.3, 0.4) is 0 Å². The number of alkyl halides is 1. The van der Waals surface area contributed by atoms with E-state index in [0.29, 0.717) is 22.0 Å². The predicted molar refractivity (Wildman–Crippen MR) is 78.5 cm³/mol. The molecule has 0 aliphatic rings. The zero-order valence-corrected chi connectivity index (χ0v) is 12.0. The Bertz CT molecular complexity index is 729. The lowest BCUT2D eigenvalue weighted by molar-refractivity contribution is 0.479. The Morgan fingerprint density at radius 1 is 1.26 bits per heavy atom. The lowest BCUT2D eigenvalue weighted by Gasteiger charge is -2.02. The fourth-order valence-electron chi connectivity index (χ4n) is 1.65. The summed E-state index contributed by atoms with van der Waals surface area (Å²) < 4.78 is 5.67. The number of aromatic nitrogens is 2. The van der Waals surface area contributed by atoms with Crippen molar-refractivity contribution in [1.82, 2.24) is 9.97 Å². The van der Waals surface area contributed by atoms with Crippen LogP contribution in [0.4, 0.5) is 0 Å². The topological polar surface area (TPSA) is 35.0 Å². The summed E-state index contributed by atoms with van der Waals surface area (Å²) in [5, 5.41) is 1.94. The molecule has 3 aromatic rings. The van der Waals surface area contributed by atoms with Crippen LogP contribution in [0.1, 0.15) is 4.88 Å². The average molecular weight is 311 g/mol. The second-order valence-corrected chi connectivity index (χ2v) is 5.46. The summed E-state index contributed by atoms with van der Waals surface area (Å²) in [6.45, 7) is 0. The summed E-state index contributed by atoms with van der Waals surface area (Å²) in [7, 11) is 0. The van der Waals surface area contributed by atoms with Crippen molar-refractivity contribution in [3.05, 3.63) is 46.6 Å². The minimum atomic E-state index is 0.332. The lowest BCUT2D eigenvalue weighted by Crippen LogP contribution is -1.84. The molecule has 0 bridgehead atoms. The summed E-state index contributed by atoms with van der Waals surface area (Å²) in [6.07, 6.45) is 1.75. The number of rotatable bonds is 3. The van der Waals surface area contributed by atoms with E-state index in [1.54, 1.807) is 6.20 Å². The van der Waals surface area contributed by atoms with Crippen molar-refractivity contribution in [2.24, 2.45) is 0 Å². The zero-order chi connectivity index (χ0) is 13.2. The molecule has 3 rings (SSSR count). The number of halogens is 2. The Hall–Kier alpha value is -1.36. The first-order valence-corrected chi connectivity index (χ1v) is 7.23. The van der Waals surface area contributed by atoms with E-state index in [-0.39, 0.29) is 0 Å². The summed E-state index contributed by atoms with van der Waals surface area (Å²) in [5.74, 6) is 1.01. The molecule has 3 nitrogen and oxygen atoms in total. The molecule has 0 unspecified atom stereocenters. The van der Waals surface area contributed by atoms with Gasteiger partial charge in [0.2, 0.25) is 0 Å². The van der Waals surface area contributed by atoms with E-state index in [0.717, 1.165) is 15.8 Å². The minimum absolute atomic E-state index is 0.332. The number of ether oxygens (including phenoxy) is 1. The number of fused-ring (bicyclic) bond motifs is 1. The van der Waals surface area contributed by atoms with Crippen molar-refractivity contribution in [1.29, 1.82) is 0 Å². The Kier molecular flexibility index (Phi) is 3.55. The zero-order valence-electron chi connectivity index (χ0n) is 9.64. The average Bonchev–Trinajstić information content (AvgIpc) is 2.78. The van der Waals surface area contributed by atoms with Crippen LogP contribution in [0, 0.1) is 0 Å². The van der Waals surface area contributed by atoms with Gasteiger partial charge in [0, 0.05) is 17.6 Å². The molecular formula is C13H8Cl2N2OS. The number of pyridine rings is 1. The van der Waals surface area contributed by atoms with Gasteiger partial charge in [0.05, 0.1) is 16.3 Å². The monoisotopic (exact) mass is 310 g/mol. The standard InChI is InChI=1S/C13H8Cl2N2OS/c14-7-11-12(15)17-13(19-11)18-9-4-3-8-2-1-5-16-10(8)6-9/h1-6H,7H2. The fraction of sp³-hybridized carbons (Fsp3) is 0.0769. The van der Waals surface area contributed by atoms with E-state index < -0.39 is 0 Å². The van der Waals surface area contributed by atoms with Gasteiger partial charge in [0.1, 0.15) is 10.9 Å². The quantitative estimate of drug-likeness (QED) is 0.647. The van der Waals surface area contributed by atoms with Crippen LogP contribution >= 0.6 is 34.5 Å². The van der Waals surface area contributed by atoms with Crippen LogP contribution < -0.4 is 4.74 Å². The van der Waals surface area contributed by atoms with Crippen molar-refractivity contribution in [3.63, 3.8) is 0 Å². The summed E-state index contributed by atoms with van der Waals surface area (Å²) in [4.78, 5) is 9.19. The van der Waals surface area contributed by atoms with E-state index in [4.69, 9.17) is 27.9 Å². The third-order valence-corrected chi connectivity index (χ3v) is 4.32. The minimum Gasteiger partial charge on any atom is -0.431 e. The summed E-state index contributed by atoms with van der Waals surface area (Å²) in [6, 6.07) is 9.59. The molecule has 2 aromatic heterocycles. The maximum Gasteiger partial charge on any atom is 0.280 e. The Balaban J connectivity index is 1.91. The second kappa shape index (κ2) is 5.33. The Labute approximate surface area is 123 Å². The van der Waals surface area contributed by atoms with Crippen LogP contribution in [-0.4, -0.2) is 9.97 Å². The molecule has 0 saturated carbocycles. The molecule has 0 atom stereocenters. The molecule has 0 saturated heterocycles. The predicted octanol–water partition coefficient (Wildman–Crippen LogP) is 4.88. The first kappa shape index (κ1) is 12.7. The van der Waals surface area contributed by atoms with Gasteiger partial charge in [-0.25, -0.2) is 0 Å². The van der Waals surface area contributed by atoms with E-state index in [1.807, 2.05) is 30.3 Å². The van der Waals surface area contributed by atoms with Gasteiger partial charge in [-0.05, 0) is 18.2 Å². The molecule has 0 radical (unpaired) electrons. The van der Waals surface area contributed by atoms with Crippen LogP contribution in [-0.2, 0) is 5.88 Å². The molecular weight excluding hydrogens is 303 g/mol. The van der Waals surface area contributed by atoms with E-state index in [9.17, 15) is 0 Å². The van der Waals surface area contributed by atoms with Gasteiger partial charge in [-0.3, -0.25) is 4.98 Å². The molecule has 19 heavy (non-hydrogen) atoms. The highest BCUT2D eigenvalue weighted by molar-refractivity contribution is 7.14. The largest absolute Gasteiger partial charge is 0.431 e. The van der Waals surface area contributed by atoms with Crippen molar-refractivity contribution in [2.75, 3.05) is 0 Å².